The van der Waals surface area contributed by atoms with Crippen molar-refractivity contribution in [3.63, 3.8) is 0 Å². The maximum Gasteiger partial charge on any atom is 0.408 e. The molecular weight excluding hydrogens is 622 g/mol. The molecule has 0 aliphatic rings. The number of unbranched alkanes of at least 4 members (excludes halogenated alkanes) is 3. The standard InChI is InChI=1S/C39H59N3O7/c1-11-12-13-17-23-42(35(45)30(24-26(2)3)41-37(47)49-39(8,9)10)32(29-22-18-19-27(4)33(29)43)34(44)40-31(36(46)48-38(5,6)7)25-28-20-15-14-16-21-28/h14-16,18-22,26,30-32,43H,11-13,17,23-25H2,1-10H3,(H,40,44)(H,41,47). The van der Waals surface area contributed by atoms with Crippen molar-refractivity contribution in [2.45, 2.75) is 137 Å². The largest absolute Gasteiger partial charge is 0.507 e. The zero-order valence-corrected chi connectivity index (χ0v) is 31.2. The fraction of sp³-hybridized carbons (Fsp3) is 0.590. The lowest BCUT2D eigenvalue weighted by Crippen LogP contribution is -2.55. The van der Waals surface area contributed by atoms with Gasteiger partial charge in [-0.1, -0.05) is 88.6 Å². The van der Waals surface area contributed by atoms with E-state index in [4.69, 9.17) is 9.47 Å². The Balaban J connectivity index is 2.69. The summed E-state index contributed by atoms with van der Waals surface area (Å²) in [5.74, 6) is -1.90. The van der Waals surface area contributed by atoms with Crippen molar-refractivity contribution in [2.24, 2.45) is 5.92 Å². The van der Waals surface area contributed by atoms with E-state index < -0.39 is 53.2 Å². The van der Waals surface area contributed by atoms with Crippen molar-refractivity contribution in [1.82, 2.24) is 15.5 Å². The molecule has 3 atom stereocenters. The van der Waals surface area contributed by atoms with Gasteiger partial charge in [0.2, 0.25) is 11.8 Å². The van der Waals surface area contributed by atoms with Crippen molar-refractivity contribution < 1.29 is 33.8 Å². The Morgan fingerprint density at radius 3 is 2.02 bits per heavy atom. The van der Waals surface area contributed by atoms with Crippen LogP contribution in [0.2, 0.25) is 0 Å². The molecule has 0 aliphatic heterocycles. The molecule has 2 aromatic rings. The van der Waals surface area contributed by atoms with Gasteiger partial charge in [0.1, 0.15) is 35.1 Å². The number of aromatic hydroxyl groups is 1. The molecule has 0 radical (unpaired) electrons. The molecule has 10 heteroatoms. The highest BCUT2D eigenvalue weighted by molar-refractivity contribution is 5.94. The number of ether oxygens (including phenoxy) is 2. The van der Waals surface area contributed by atoms with E-state index >= 15 is 0 Å². The van der Waals surface area contributed by atoms with E-state index in [0.717, 1.165) is 24.8 Å². The molecule has 49 heavy (non-hydrogen) atoms. The third-order valence-corrected chi connectivity index (χ3v) is 7.65. The first-order valence-corrected chi connectivity index (χ1v) is 17.5. The van der Waals surface area contributed by atoms with Crippen molar-refractivity contribution in [2.75, 3.05) is 6.54 Å². The molecule has 0 aliphatic carbocycles. The first kappa shape index (κ1) is 41.1. The Labute approximate surface area is 293 Å². The second-order valence-electron chi connectivity index (χ2n) is 15.1. The van der Waals surface area contributed by atoms with Gasteiger partial charge < -0.3 is 30.1 Å². The smallest absolute Gasteiger partial charge is 0.408 e. The number of para-hydroxylation sites is 1. The van der Waals surface area contributed by atoms with Crippen LogP contribution in [0.15, 0.2) is 48.5 Å². The number of carbonyl (C=O) groups excluding carboxylic acids is 4. The van der Waals surface area contributed by atoms with Gasteiger partial charge in [-0.3, -0.25) is 9.59 Å². The first-order valence-electron chi connectivity index (χ1n) is 17.5. The summed E-state index contributed by atoms with van der Waals surface area (Å²) in [7, 11) is 0. The molecule has 3 amide bonds. The summed E-state index contributed by atoms with van der Waals surface area (Å²) >= 11 is 0. The Morgan fingerprint density at radius 1 is 0.816 bits per heavy atom. The molecule has 0 bridgehead atoms. The maximum absolute atomic E-state index is 14.7. The molecule has 2 aromatic carbocycles. The summed E-state index contributed by atoms with van der Waals surface area (Å²) < 4.78 is 11.2. The molecule has 0 spiro atoms. The van der Waals surface area contributed by atoms with Crippen LogP contribution >= 0.6 is 0 Å². The number of esters is 1. The molecule has 0 saturated carbocycles. The number of aryl methyl sites for hydroxylation is 1. The van der Waals surface area contributed by atoms with Gasteiger partial charge in [-0.15, -0.1) is 0 Å². The van der Waals surface area contributed by atoms with Gasteiger partial charge in [-0.25, -0.2) is 9.59 Å². The fourth-order valence-corrected chi connectivity index (χ4v) is 5.44. The van der Waals surface area contributed by atoms with E-state index in [2.05, 4.69) is 17.6 Å². The van der Waals surface area contributed by atoms with Gasteiger partial charge >= 0.3 is 12.1 Å². The van der Waals surface area contributed by atoms with E-state index in [9.17, 15) is 24.3 Å². The van der Waals surface area contributed by atoms with Crippen LogP contribution in [-0.2, 0) is 30.3 Å². The lowest BCUT2D eigenvalue weighted by Gasteiger charge is -2.36. The highest BCUT2D eigenvalue weighted by atomic mass is 16.6. The summed E-state index contributed by atoms with van der Waals surface area (Å²) in [5.41, 5.74) is -0.0685. The second-order valence-corrected chi connectivity index (χ2v) is 15.1. The van der Waals surface area contributed by atoms with Crippen molar-refractivity contribution in [3.05, 3.63) is 65.2 Å². The van der Waals surface area contributed by atoms with Crippen LogP contribution in [0.5, 0.6) is 5.75 Å². The number of hydrogen-bond acceptors (Lipinski definition) is 7. The van der Waals surface area contributed by atoms with Crippen LogP contribution in [0, 0.1) is 12.8 Å². The third-order valence-electron chi connectivity index (χ3n) is 7.65. The predicted octanol–water partition coefficient (Wildman–Crippen LogP) is 7.16. The zero-order valence-electron chi connectivity index (χ0n) is 31.2. The molecule has 0 aromatic heterocycles. The minimum Gasteiger partial charge on any atom is -0.507 e. The lowest BCUT2D eigenvalue weighted by molar-refractivity contribution is -0.159. The second kappa shape index (κ2) is 18.6. The predicted molar refractivity (Wildman–Crippen MR) is 192 cm³/mol. The first-order chi connectivity index (χ1) is 22.8. The van der Waals surface area contributed by atoms with Gasteiger partial charge in [0, 0.05) is 18.5 Å². The van der Waals surface area contributed by atoms with E-state index in [1.165, 1.54) is 4.90 Å². The SMILES string of the molecule is CCCCCCN(C(=O)C(CC(C)C)NC(=O)OC(C)(C)C)C(C(=O)NC(Cc1ccccc1)C(=O)OC(C)(C)C)c1cccc(C)c1O. The number of hydrogen-bond donors (Lipinski definition) is 3. The molecule has 272 valence electrons. The van der Waals surface area contributed by atoms with E-state index in [1.54, 1.807) is 66.7 Å². The highest BCUT2D eigenvalue weighted by Gasteiger charge is 2.39. The molecular formula is C39H59N3O7. The third kappa shape index (κ3) is 14.1. The number of phenolic OH excluding ortho intramolecular Hbond substituents is 1. The van der Waals surface area contributed by atoms with Gasteiger partial charge in [0.25, 0.3) is 0 Å². The Hall–Kier alpha value is -4.08. The molecule has 0 saturated heterocycles. The molecule has 3 unspecified atom stereocenters. The molecule has 10 nitrogen and oxygen atoms in total. The Bertz CT molecular complexity index is 1380. The van der Waals surface area contributed by atoms with Crippen LogP contribution in [0.3, 0.4) is 0 Å². The van der Waals surface area contributed by atoms with E-state index in [0.29, 0.717) is 12.0 Å². The zero-order chi connectivity index (χ0) is 36.9. The fourth-order valence-electron chi connectivity index (χ4n) is 5.44. The van der Waals surface area contributed by atoms with E-state index in [-0.39, 0.29) is 36.6 Å². The van der Waals surface area contributed by atoms with Crippen LogP contribution in [0.25, 0.3) is 0 Å². The van der Waals surface area contributed by atoms with Crippen LogP contribution in [0.4, 0.5) is 4.79 Å². The number of benzene rings is 2. The monoisotopic (exact) mass is 681 g/mol. The van der Waals surface area contributed by atoms with Crippen LogP contribution in [0.1, 0.15) is 117 Å². The number of phenols is 1. The quantitative estimate of drug-likeness (QED) is 0.126. The summed E-state index contributed by atoms with van der Waals surface area (Å²) in [6.45, 7) is 18.3. The Kier molecular flexibility index (Phi) is 15.6. The summed E-state index contributed by atoms with van der Waals surface area (Å²) in [6.07, 6.45) is 2.96. The van der Waals surface area contributed by atoms with Gasteiger partial charge in [-0.2, -0.15) is 0 Å². The van der Waals surface area contributed by atoms with Crippen LogP contribution < -0.4 is 10.6 Å². The number of nitrogens with zero attached hydrogens (tertiary/aromatic N) is 1. The summed E-state index contributed by atoms with van der Waals surface area (Å²) in [5, 5.41) is 17.0. The average Bonchev–Trinajstić information content (AvgIpc) is 2.98. The summed E-state index contributed by atoms with van der Waals surface area (Å²) in [6, 6.07) is 10.9. The number of nitrogens with one attached hydrogen (secondary N) is 2. The van der Waals surface area contributed by atoms with Crippen LogP contribution in [-0.4, -0.2) is 63.7 Å². The van der Waals surface area contributed by atoms with Crippen molar-refractivity contribution in [1.29, 1.82) is 0 Å². The summed E-state index contributed by atoms with van der Waals surface area (Å²) in [4.78, 5) is 57.3. The number of amides is 3. The van der Waals surface area contributed by atoms with Gasteiger partial charge in [0.05, 0.1) is 0 Å². The number of carbonyl (C=O) groups is 4. The number of rotatable bonds is 16. The van der Waals surface area contributed by atoms with Gasteiger partial charge in [-0.05, 0) is 78.4 Å². The topological polar surface area (TPSA) is 134 Å². The minimum atomic E-state index is -1.33. The maximum atomic E-state index is 14.7. The van der Waals surface area contributed by atoms with Crippen molar-refractivity contribution in [3.8, 4) is 5.75 Å². The van der Waals surface area contributed by atoms with Gasteiger partial charge in [0.15, 0.2) is 0 Å². The number of alkyl carbamates (subject to hydrolysis) is 1. The molecule has 3 N–H and O–H groups in total. The molecule has 0 fully saturated rings. The normalized spacial score (nSPS) is 13.6. The average molecular weight is 682 g/mol. The van der Waals surface area contributed by atoms with Crippen molar-refractivity contribution >= 4 is 23.9 Å². The van der Waals surface area contributed by atoms with E-state index in [1.807, 2.05) is 44.2 Å². The Morgan fingerprint density at radius 2 is 1.45 bits per heavy atom. The molecule has 0 heterocycles. The molecule has 2 rings (SSSR count). The minimum absolute atomic E-state index is 0.00731. The highest BCUT2D eigenvalue weighted by Crippen LogP contribution is 2.33. The lowest BCUT2D eigenvalue weighted by atomic mass is 9.96.